The second-order valence-corrected chi connectivity index (χ2v) is 3.99. The highest BCUT2D eigenvalue weighted by molar-refractivity contribution is 14.0. The van der Waals surface area contributed by atoms with Gasteiger partial charge in [-0.15, -0.1) is 24.0 Å². The summed E-state index contributed by atoms with van der Waals surface area (Å²) >= 11 is 0. The van der Waals surface area contributed by atoms with Gasteiger partial charge in [-0.2, -0.15) is 0 Å². The van der Waals surface area contributed by atoms with Gasteiger partial charge in [-0.1, -0.05) is 13.8 Å². The number of nitrogens with zero attached hydrogens (tertiary/aromatic N) is 1. The largest absolute Gasteiger partial charge is 0.357 e. The molecule has 1 unspecified atom stereocenters. The zero-order chi connectivity index (χ0) is 9.19. The van der Waals surface area contributed by atoms with Crippen LogP contribution in [0.3, 0.4) is 0 Å². The molecule has 1 aliphatic carbocycles. The zero-order valence-electron chi connectivity index (χ0n) is 8.85. The highest BCUT2D eigenvalue weighted by Gasteiger charge is 2.46. The minimum absolute atomic E-state index is 0. The van der Waals surface area contributed by atoms with Crippen LogP contribution in [-0.4, -0.2) is 25.6 Å². The third-order valence-electron chi connectivity index (χ3n) is 2.39. The van der Waals surface area contributed by atoms with E-state index in [1.165, 1.54) is 6.42 Å². The van der Waals surface area contributed by atoms with Gasteiger partial charge in [0, 0.05) is 19.6 Å². The van der Waals surface area contributed by atoms with E-state index in [9.17, 15) is 0 Å². The average Bonchev–Trinajstić information content (AvgIpc) is 2.58. The number of rotatable bonds is 2. The van der Waals surface area contributed by atoms with Crippen molar-refractivity contribution in [2.45, 2.75) is 33.2 Å². The van der Waals surface area contributed by atoms with E-state index in [-0.39, 0.29) is 24.0 Å². The maximum atomic E-state index is 4.12. The maximum Gasteiger partial charge on any atom is 0.191 e. The van der Waals surface area contributed by atoms with Crippen LogP contribution in [-0.2, 0) is 0 Å². The molecule has 0 spiro atoms. The van der Waals surface area contributed by atoms with Crippen molar-refractivity contribution in [1.29, 1.82) is 0 Å². The topological polar surface area (TPSA) is 36.4 Å². The fraction of sp³-hybridized carbons (Fsp3) is 0.889. The first-order chi connectivity index (χ1) is 5.60. The Morgan fingerprint density at radius 1 is 1.54 bits per heavy atom. The van der Waals surface area contributed by atoms with Gasteiger partial charge in [0.05, 0.1) is 0 Å². The lowest BCUT2D eigenvalue weighted by molar-refractivity contribution is 0.590. The molecule has 0 aromatic carbocycles. The summed E-state index contributed by atoms with van der Waals surface area (Å²) in [6.07, 6.45) is 1.25. The molecule has 0 aromatic heterocycles. The quantitative estimate of drug-likeness (QED) is 0.461. The standard InChI is InChI=1S/C9H19N3.HI/c1-5-11-8(10-4)12-7-6-9(7,2)3;/h7H,5-6H2,1-4H3,(H2,10,11,12);1H. The summed E-state index contributed by atoms with van der Waals surface area (Å²) in [5.41, 5.74) is 0.464. The van der Waals surface area contributed by atoms with Gasteiger partial charge in [0.25, 0.3) is 0 Å². The van der Waals surface area contributed by atoms with Gasteiger partial charge >= 0.3 is 0 Å². The number of hydrogen-bond donors (Lipinski definition) is 2. The lowest BCUT2D eigenvalue weighted by Gasteiger charge is -2.11. The minimum atomic E-state index is 0. The van der Waals surface area contributed by atoms with Crippen LogP contribution in [0.15, 0.2) is 4.99 Å². The van der Waals surface area contributed by atoms with Crippen LogP contribution < -0.4 is 10.6 Å². The second-order valence-electron chi connectivity index (χ2n) is 3.99. The van der Waals surface area contributed by atoms with Crippen molar-refractivity contribution < 1.29 is 0 Å². The van der Waals surface area contributed by atoms with E-state index < -0.39 is 0 Å². The van der Waals surface area contributed by atoms with Crippen LogP contribution in [0.25, 0.3) is 0 Å². The van der Waals surface area contributed by atoms with Crippen LogP contribution in [0.5, 0.6) is 0 Å². The van der Waals surface area contributed by atoms with Crippen LogP contribution in [0.2, 0.25) is 0 Å². The smallest absolute Gasteiger partial charge is 0.191 e. The number of aliphatic imine (C=N–C) groups is 1. The van der Waals surface area contributed by atoms with Crippen LogP contribution >= 0.6 is 24.0 Å². The van der Waals surface area contributed by atoms with Crippen molar-refractivity contribution in [3.63, 3.8) is 0 Å². The molecule has 1 fully saturated rings. The molecule has 2 N–H and O–H groups in total. The average molecular weight is 297 g/mol. The van der Waals surface area contributed by atoms with Crippen molar-refractivity contribution in [1.82, 2.24) is 10.6 Å². The van der Waals surface area contributed by atoms with E-state index in [1.807, 2.05) is 0 Å². The van der Waals surface area contributed by atoms with E-state index in [1.54, 1.807) is 7.05 Å². The number of nitrogens with one attached hydrogen (secondary N) is 2. The van der Waals surface area contributed by atoms with Crippen LogP contribution in [0, 0.1) is 5.41 Å². The molecule has 1 aliphatic rings. The molecule has 1 rings (SSSR count). The SMILES string of the molecule is CCNC(=NC)NC1CC1(C)C.I. The van der Waals surface area contributed by atoms with Gasteiger partial charge < -0.3 is 10.6 Å². The molecule has 0 heterocycles. The van der Waals surface area contributed by atoms with Gasteiger partial charge in [0.15, 0.2) is 5.96 Å². The Hall–Kier alpha value is 0. The van der Waals surface area contributed by atoms with Gasteiger partial charge in [0.2, 0.25) is 0 Å². The van der Waals surface area contributed by atoms with E-state index in [2.05, 4.69) is 36.4 Å². The third-order valence-corrected chi connectivity index (χ3v) is 2.39. The van der Waals surface area contributed by atoms with Gasteiger partial charge in [-0.3, -0.25) is 4.99 Å². The Morgan fingerprint density at radius 3 is 2.38 bits per heavy atom. The first kappa shape index (κ1) is 13.0. The molecule has 0 aromatic rings. The van der Waals surface area contributed by atoms with Gasteiger partial charge in [0.1, 0.15) is 0 Å². The molecule has 13 heavy (non-hydrogen) atoms. The highest BCUT2D eigenvalue weighted by Crippen LogP contribution is 2.44. The van der Waals surface area contributed by atoms with Gasteiger partial charge in [-0.05, 0) is 18.8 Å². The number of guanidine groups is 1. The Labute approximate surface area is 97.8 Å². The molecule has 0 radical (unpaired) electrons. The Morgan fingerprint density at radius 2 is 2.08 bits per heavy atom. The first-order valence-electron chi connectivity index (χ1n) is 4.57. The van der Waals surface area contributed by atoms with Crippen molar-refractivity contribution in [2.24, 2.45) is 10.4 Å². The maximum absolute atomic E-state index is 4.12. The van der Waals surface area contributed by atoms with Crippen molar-refractivity contribution in [3.8, 4) is 0 Å². The number of hydrogen-bond acceptors (Lipinski definition) is 1. The number of halogens is 1. The molecule has 3 nitrogen and oxygen atoms in total. The van der Waals surface area contributed by atoms with Crippen molar-refractivity contribution >= 4 is 29.9 Å². The molecule has 0 amide bonds. The van der Waals surface area contributed by atoms with Crippen molar-refractivity contribution in [2.75, 3.05) is 13.6 Å². The highest BCUT2D eigenvalue weighted by atomic mass is 127. The van der Waals surface area contributed by atoms with E-state index in [4.69, 9.17) is 0 Å². The molecular formula is C9H20IN3. The summed E-state index contributed by atoms with van der Waals surface area (Å²) in [6.45, 7) is 7.53. The monoisotopic (exact) mass is 297 g/mol. The first-order valence-corrected chi connectivity index (χ1v) is 4.57. The third kappa shape index (κ3) is 3.70. The fourth-order valence-corrected chi connectivity index (χ4v) is 1.24. The lowest BCUT2D eigenvalue weighted by atomic mass is 10.2. The molecular weight excluding hydrogens is 277 g/mol. The second kappa shape index (κ2) is 5.02. The Bertz CT molecular complexity index is 189. The Balaban J connectivity index is 0.00000144. The molecule has 0 bridgehead atoms. The lowest BCUT2D eigenvalue weighted by Crippen LogP contribution is -2.39. The summed E-state index contributed by atoms with van der Waals surface area (Å²) in [7, 11) is 1.81. The molecule has 1 atom stereocenters. The predicted octanol–water partition coefficient (Wildman–Crippen LogP) is 1.59. The predicted molar refractivity (Wildman–Crippen MR) is 67.8 cm³/mol. The normalized spacial score (nSPS) is 24.6. The van der Waals surface area contributed by atoms with E-state index in [0.717, 1.165) is 12.5 Å². The van der Waals surface area contributed by atoms with Crippen LogP contribution in [0.1, 0.15) is 27.2 Å². The molecule has 0 saturated heterocycles. The Kier molecular flexibility index (Phi) is 5.02. The van der Waals surface area contributed by atoms with Gasteiger partial charge in [-0.25, -0.2) is 0 Å². The summed E-state index contributed by atoms with van der Waals surface area (Å²) in [5.74, 6) is 0.924. The van der Waals surface area contributed by atoms with E-state index >= 15 is 0 Å². The van der Waals surface area contributed by atoms with E-state index in [0.29, 0.717) is 11.5 Å². The molecule has 4 heteroatoms. The van der Waals surface area contributed by atoms with Crippen LogP contribution in [0.4, 0.5) is 0 Å². The minimum Gasteiger partial charge on any atom is -0.357 e. The summed E-state index contributed by atoms with van der Waals surface area (Å²) < 4.78 is 0. The summed E-state index contributed by atoms with van der Waals surface area (Å²) in [6, 6.07) is 0.607. The van der Waals surface area contributed by atoms with Crippen molar-refractivity contribution in [3.05, 3.63) is 0 Å². The molecule has 0 aliphatic heterocycles. The fourth-order valence-electron chi connectivity index (χ4n) is 1.24. The molecule has 1 saturated carbocycles. The summed E-state index contributed by atoms with van der Waals surface area (Å²) in [4.78, 5) is 4.12. The molecule has 78 valence electrons. The zero-order valence-corrected chi connectivity index (χ0v) is 11.2. The summed E-state index contributed by atoms with van der Waals surface area (Å²) in [5, 5.41) is 6.55.